The average molecular weight is 458 g/mol. The first kappa shape index (κ1) is 21.9. The Morgan fingerprint density at radius 2 is 2.03 bits per heavy atom. The minimum absolute atomic E-state index is 0.0557. The number of benzene rings is 2. The van der Waals surface area contributed by atoms with Crippen molar-refractivity contribution >= 4 is 40.2 Å². The van der Waals surface area contributed by atoms with Gasteiger partial charge in [0.25, 0.3) is 5.56 Å². The van der Waals surface area contributed by atoms with Gasteiger partial charge in [-0.2, -0.15) is 0 Å². The molecular weight excluding hydrogens is 434 g/mol. The zero-order chi connectivity index (χ0) is 21.8. The molecule has 1 saturated carbocycles. The highest BCUT2D eigenvalue weighted by atomic mass is 35.5. The van der Waals surface area contributed by atoms with E-state index in [0.717, 1.165) is 12.8 Å². The fourth-order valence-electron chi connectivity index (χ4n) is 3.62. The molecule has 1 aliphatic rings. The number of thioether (sulfide) groups is 1. The molecule has 0 saturated heterocycles. The number of rotatable bonds is 9. The molecular formula is C23H24ClN3O3S. The molecule has 1 fully saturated rings. The summed E-state index contributed by atoms with van der Waals surface area (Å²) in [5.41, 5.74) is 1.68. The van der Waals surface area contributed by atoms with Gasteiger partial charge in [-0.3, -0.25) is 14.2 Å². The lowest BCUT2D eigenvalue weighted by Gasteiger charge is -2.17. The maximum atomic E-state index is 12.9. The summed E-state index contributed by atoms with van der Waals surface area (Å²) >= 11 is 7.32. The molecule has 8 heteroatoms. The Labute approximate surface area is 190 Å². The summed E-state index contributed by atoms with van der Waals surface area (Å²) in [7, 11) is 1.58. The van der Waals surface area contributed by atoms with Gasteiger partial charge in [-0.15, -0.1) is 0 Å². The van der Waals surface area contributed by atoms with Gasteiger partial charge in [0.05, 0.1) is 29.8 Å². The largest absolute Gasteiger partial charge is 0.383 e. The molecule has 162 valence electrons. The molecule has 31 heavy (non-hydrogen) atoms. The number of ether oxygens (including phenoxy) is 1. The minimum atomic E-state index is -0.164. The Morgan fingerprint density at radius 1 is 1.26 bits per heavy atom. The summed E-state index contributed by atoms with van der Waals surface area (Å²) in [5.74, 6) is 0.0991. The number of amides is 1. The molecule has 2 aromatic carbocycles. The molecule has 1 aromatic heterocycles. The van der Waals surface area contributed by atoms with Gasteiger partial charge in [0.2, 0.25) is 5.91 Å². The molecule has 0 radical (unpaired) electrons. The third-order valence-electron chi connectivity index (χ3n) is 5.60. The van der Waals surface area contributed by atoms with E-state index < -0.39 is 0 Å². The fraction of sp³-hybridized carbons (Fsp3) is 0.348. The normalized spacial score (nSPS) is 14.5. The number of methoxy groups -OCH3 is 1. The quantitative estimate of drug-likeness (QED) is 0.392. The van der Waals surface area contributed by atoms with E-state index in [1.54, 1.807) is 29.9 Å². The van der Waals surface area contributed by atoms with Crippen molar-refractivity contribution < 1.29 is 9.53 Å². The summed E-state index contributed by atoms with van der Waals surface area (Å²) < 4.78 is 6.70. The van der Waals surface area contributed by atoms with Crippen LogP contribution in [0.5, 0.6) is 0 Å². The summed E-state index contributed by atoms with van der Waals surface area (Å²) in [5, 5.41) is 4.55. The molecule has 0 bridgehead atoms. The number of carbonyl (C=O) groups excluding carboxylic acids is 1. The number of nitrogens with zero attached hydrogens (tertiary/aromatic N) is 2. The van der Waals surface area contributed by atoms with Crippen LogP contribution in [0, 0.1) is 0 Å². The van der Waals surface area contributed by atoms with Gasteiger partial charge < -0.3 is 10.1 Å². The van der Waals surface area contributed by atoms with E-state index in [1.807, 2.05) is 18.2 Å². The van der Waals surface area contributed by atoms with Crippen molar-refractivity contribution in [3.63, 3.8) is 0 Å². The Balaban J connectivity index is 1.46. The van der Waals surface area contributed by atoms with E-state index in [-0.39, 0.29) is 22.6 Å². The van der Waals surface area contributed by atoms with Crippen LogP contribution in [0.1, 0.15) is 18.4 Å². The van der Waals surface area contributed by atoms with E-state index in [9.17, 15) is 9.59 Å². The average Bonchev–Trinajstić information content (AvgIpc) is 3.57. The molecule has 3 aromatic rings. The number of aromatic nitrogens is 2. The van der Waals surface area contributed by atoms with E-state index in [0.29, 0.717) is 40.8 Å². The maximum absolute atomic E-state index is 12.9. The number of fused-ring (bicyclic) bond motifs is 1. The van der Waals surface area contributed by atoms with Crippen LogP contribution in [0.4, 0.5) is 0 Å². The highest BCUT2D eigenvalue weighted by Crippen LogP contribution is 2.47. The van der Waals surface area contributed by atoms with Crippen molar-refractivity contribution in [2.24, 2.45) is 0 Å². The first-order valence-electron chi connectivity index (χ1n) is 10.2. The van der Waals surface area contributed by atoms with Crippen molar-refractivity contribution in [2.45, 2.75) is 30.0 Å². The van der Waals surface area contributed by atoms with E-state index >= 15 is 0 Å². The lowest BCUT2D eigenvalue weighted by atomic mass is 9.96. The van der Waals surface area contributed by atoms with Gasteiger partial charge in [0.15, 0.2) is 5.16 Å². The predicted molar refractivity (Wildman–Crippen MR) is 124 cm³/mol. The van der Waals surface area contributed by atoms with Crippen molar-refractivity contribution in [1.29, 1.82) is 0 Å². The minimum Gasteiger partial charge on any atom is -0.383 e. The topological polar surface area (TPSA) is 73.2 Å². The number of nitrogens with one attached hydrogen (secondary N) is 1. The zero-order valence-corrected chi connectivity index (χ0v) is 18.8. The molecule has 0 atom stereocenters. The summed E-state index contributed by atoms with van der Waals surface area (Å²) in [6.45, 7) is 1.36. The second-order valence-corrected chi connectivity index (χ2v) is 9.10. The maximum Gasteiger partial charge on any atom is 0.262 e. The second-order valence-electron chi connectivity index (χ2n) is 7.72. The van der Waals surface area contributed by atoms with Gasteiger partial charge >= 0.3 is 0 Å². The van der Waals surface area contributed by atoms with Crippen molar-refractivity contribution in [2.75, 3.05) is 26.0 Å². The highest BCUT2D eigenvalue weighted by Gasteiger charge is 2.44. The third kappa shape index (κ3) is 4.95. The van der Waals surface area contributed by atoms with Gasteiger partial charge in [-0.1, -0.05) is 53.7 Å². The molecule has 0 spiro atoms. The number of hydrogen-bond acceptors (Lipinski definition) is 5. The first-order chi connectivity index (χ1) is 15.0. The van der Waals surface area contributed by atoms with E-state index in [1.165, 1.54) is 17.3 Å². The van der Waals surface area contributed by atoms with Gasteiger partial charge in [0, 0.05) is 24.1 Å². The number of carbonyl (C=O) groups is 1. The molecule has 1 N–H and O–H groups in total. The number of hydrogen-bond donors (Lipinski definition) is 1. The van der Waals surface area contributed by atoms with Crippen LogP contribution in [-0.4, -0.2) is 41.5 Å². The highest BCUT2D eigenvalue weighted by molar-refractivity contribution is 7.99. The van der Waals surface area contributed by atoms with Crippen LogP contribution in [0.15, 0.2) is 58.5 Å². The third-order valence-corrected chi connectivity index (χ3v) is 6.81. The lowest BCUT2D eigenvalue weighted by molar-refractivity contribution is -0.118. The molecule has 6 nitrogen and oxygen atoms in total. The Kier molecular flexibility index (Phi) is 6.65. The van der Waals surface area contributed by atoms with Crippen LogP contribution in [0.25, 0.3) is 10.9 Å². The second kappa shape index (κ2) is 9.42. The van der Waals surface area contributed by atoms with Crippen LogP contribution < -0.4 is 10.9 Å². The van der Waals surface area contributed by atoms with Crippen molar-refractivity contribution in [3.05, 3.63) is 69.5 Å². The Bertz CT molecular complexity index is 1150. The summed E-state index contributed by atoms with van der Waals surface area (Å²) in [6.07, 6.45) is 2.15. The van der Waals surface area contributed by atoms with Gasteiger partial charge in [-0.05, 0) is 36.6 Å². The lowest BCUT2D eigenvalue weighted by Crippen LogP contribution is -2.33. The molecule has 0 unspecified atom stereocenters. The standard InChI is InChI=1S/C23H24ClN3O3S/c1-30-12-11-27-21(29)18-8-7-17(24)13-19(18)26-22(27)31-14-20(28)25-15-23(9-10-23)16-5-3-2-4-6-16/h2-8,13H,9-12,14-15H2,1H3,(H,25,28). The van der Waals surface area contributed by atoms with Crippen LogP contribution in [0.3, 0.4) is 0 Å². The van der Waals surface area contributed by atoms with E-state index in [4.69, 9.17) is 16.3 Å². The molecule has 1 aliphatic carbocycles. The monoisotopic (exact) mass is 457 g/mol. The number of halogens is 1. The first-order valence-corrected chi connectivity index (χ1v) is 11.5. The summed E-state index contributed by atoms with van der Waals surface area (Å²) in [4.78, 5) is 30.1. The van der Waals surface area contributed by atoms with E-state index in [2.05, 4.69) is 22.4 Å². The van der Waals surface area contributed by atoms with Gasteiger partial charge in [0.1, 0.15) is 0 Å². The molecule has 0 aliphatic heterocycles. The van der Waals surface area contributed by atoms with Crippen LogP contribution >= 0.6 is 23.4 Å². The Hall–Kier alpha value is -2.35. The zero-order valence-electron chi connectivity index (χ0n) is 17.3. The SMILES string of the molecule is COCCn1c(SCC(=O)NCC2(c3ccccc3)CC2)nc2cc(Cl)ccc2c1=O. The van der Waals surface area contributed by atoms with Gasteiger partial charge in [-0.25, -0.2) is 4.98 Å². The molecule has 4 rings (SSSR count). The Morgan fingerprint density at radius 3 is 2.74 bits per heavy atom. The fourth-order valence-corrected chi connectivity index (χ4v) is 4.64. The smallest absolute Gasteiger partial charge is 0.262 e. The van der Waals surface area contributed by atoms with Crippen LogP contribution in [-0.2, 0) is 21.5 Å². The summed E-state index contributed by atoms with van der Waals surface area (Å²) in [6, 6.07) is 15.3. The van der Waals surface area contributed by atoms with Crippen molar-refractivity contribution in [1.82, 2.24) is 14.9 Å². The van der Waals surface area contributed by atoms with Crippen LogP contribution in [0.2, 0.25) is 5.02 Å². The molecule has 1 amide bonds. The molecule has 1 heterocycles. The van der Waals surface area contributed by atoms with Crippen molar-refractivity contribution in [3.8, 4) is 0 Å². The predicted octanol–water partition coefficient (Wildman–Crippen LogP) is 3.64.